The number of carbonyl (C=O) groups is 1. The Bertz CT molecular complexity index is 628. The van der Waals surface area contributed by atoms with Gasteiger partial charge in [0.15, 0.2) is 0 Å². The number of nitrogens with zero attached hydrogens (tertiary/aromatic N) is 1. The number of rotatable bonds is 6. The zero-order chi connectivity index (χ0) is 15.3. The summed E-state index contributed by atoms with van der Waals surface area (Å²) in [7, 11) is -4.04. The van der Waals surface area contributed by atoms with Crippen LogP contribution in [0.2, 0.25) is 0 Å². The van der Waals surface area contributed by atoms with Gasteiger partial charge in [-0.1, -0.05) is 0 Å². The number of nitrogens with two attached hydrogens (primary N) is 1. The number of primary sulfonamides is 1. The Morgan fingerprint density at radius 3 is 2.65 bits per heavy atom. The molecule has 0 spiro atoms. The third-order valence-electron chi connectivity index (χ3n) is 2.22. The van der Waals surface area contributed by atoms with E-state index in [1.807, 2.05) is 0 Å². The van der Waals surface area contributed by atoms with Gasteiger partial charge in [-0.15, -0.1) is 0 Å². The van der Waals surface area contributed by atoms with E-state index in [1.165, 1.54) is 0 Å². The Morgan fingerprint density at radius 2 is 2.15 bits per heavy atom. The minimum Gasteiger partial charge on any atom is -0.465 e. The van der Waals surface area contributed by atoms with Crippen LogP contribution in [0.3, 0.4) is 0 Å². The first kappa shape index (κ1) is 15.9. The number of benzene rings is 1. The van der Waals surface area contributed by atoms with E-state index in [0.717, 1.165) is 18.2 Å². The van der Waals surface area contributed by atoms with Crippen LogP contribution < -0.4 is 10.5 Å². The van der Waals surface area contributed by atoms with Crippen molar-refractivity contribution >= 4 is 27.4 Å². The molecule has 0 atom stereocenters. The lowest BCUT2D eigenvalue weighted by Crippen LogP contribution is -2.18. The minimum atomic E-state index is -4.04. The van der Waals surface area contributed by atoms with E-state index >= 15 is 0 Å². The number of hydrogen-bond donors (Lipinski definition) is 2. The summed E-state index contributed by atoms with van der Waals surface area (Å²) in [5.41, 5.74) is -0.503. The number of sulfonamides is 1. The number of carbonyl (C=O) groups excluding carboxylic acids is 1. The van der Waals surface area contributed by atoms with Crippen LogP contribution in [0.25, 0.3) is 0 Å². The molecule has 0 radical (unpaired) electrons. The number of nitro benzene ring substituents is 1. The second-order valence-electron chi connectivity index (χ2n) is 3.64. The normalized spacial score (nSPS) is 10.9. The molecule has 110 valence electrons. The van der Waals surface area contributed by atoms with Gasteiger partial charge < -0.3 is 10.1 Å². The third kappa shape index (κ3) is 4.17. The molecule has 0 aliphatic heterocycles. The zero-order valence-corrected chi connectivity index (χ0v) is 11.3. The highest BCUT2D eigenvalue weighted by molar-refractivity contribution is 7.89. The molecule has 20 heavy (non-hydrogen) atoms. The fourth-order valence-electron chi connectivity index (χ4n) is 1.37. The minimum absolute atomic E-state index is 0.00421. The van der Waals surface area contributed by atoms with Crippen LogP contribution in [0.4, 0.5) is 11.4 Å². The predicted octanol–water partition coefficient (Wildman–Crippen LogP) is 0.217. The number of esters is 1. The fraction of sp³-hybridized carbons (Fsp3) is 0.300. The Labute approximate surface area is 114 Å². The summed E-state index contributed by atoms with van der Waals surface area (Å²) in [5, 5.41) is 18.3. The van der Waals surface area contributed by atoms with Gasteiger partial charge in [0.1, 0.15) is 12.2 Å². The smallest absolute Gasteiger partial charge is 0.325 e. The van der Waals surface area contributed by atoms with Gasteiger partial charge >= 0.3 is 5.97 Å². The fourth-order valence-corrected chi connectivity index (χ4v) is 1.90. The zero-order valence-electron chi connectivity index (χ0n) is 10.5. The predicted molar refractivity (Wildman–Crippen MR) is 69.6 cm³/mol. The maximum atomic E-state index is 11.2. The van der Waals surface area contributed by atoms with Gasteiger partial charge in [0.25, 0.3) is 5.69 Å². The molecule has 0 amide bonds. The van der Waals surface area contributed by atoms with E-state index in [0.29, 0.717) is 0 Å². The summed E-state index contributed by atoms with van der Waals surface area (Å²) in [6.45, 7) is 1.54. The standard InChI is InChI=1S/C10H13N3O6S/c1-2-19-10(14)6-12-8-4-3-7(20(11,17)18)5-9(8)13(15)16/h3-5,12H,2,6H2,1H3,(H2,11,17,18). The first-order valence-electron chi connectivity index (χ1n) is 5.46. The van der Waals surface area contributed by atoms with E-state index in [2.05, 4.69) is 10.1 Å². The first-order chi connectivity index (χ1) is 9.25. The topological polar surface area (TPSA) is 142 Å². The largest absolute Gasteiger partial charge is 0.465 e. The van der Waals surface area contributed by atoms with E-state index in [-0.39, 0.29) is 23.7 Å². The summed E-state index contributed by atoms with van der Waals surface area (Å²) in [6.07, 6.45) is 0. The molecule has 0 aliphatic carbocycles. The Hall–Kier alpha value is -2.20. The van der Waals surface area contributed by atoms with Crippen molar-refractivity contribution in [2.45, 2.75) is 11.8 Å². The number of nitrogens with one attached hydrogen (secondary N) is 1. The van der Waals surface area contributed by atoms with Crippen molar-refractivity contribution in [3.63, 3.8) is 0 Å². The molecule has 1 rings (SSSR count). The van der Waals surface area contributed by atoms with Crippen molar-refractivity contribution < 1.29 is 22.9 Å². The number of nitro groups is 1. The molecule has 0 aromatic heterocycles. The highest BCUT2D eigenvalue weighted by Crippen LogP contribution is 2.26. The van der Waals surface area contributed by atoms with Gasteiger partial charge in [-0.25, -0.2) is 13.6 Å². The molecule has 0 saturated carbocycles. The molecule has 0 fully saturated rings. The Kier molecular flexibility index (Phi) is 5.00. The molecule has 0 unspecified atom stereocenters. The highest BCUT2D eigenvalue weighted by Gasteiger charge is 2.19. The molecular weight excluding hydrogens is 290 g/mol. The molecule has 3 N–H and O–H groups in total. The van der Waals surface area contributed by atoms with Crippen LogP contribution in [-0.2, 0) is 19.6 Å². The summed E-state index contributed by atoms with van der Waals surface area (Å²) in [4.78, 5) is 20.9. The van der Waals surface area contributed by atoms with Gasteiger partial charge in [-0.05, 0) is 19.1 Å². The molecule has 0 heterocycles. The van der Waals surface area contributed by atoms with Crippen LogP contribution in [0.1, 0.15) is 6.92 Å². The number of hydrogen-bond acceptors (Lipinski definition) is 7. The lowest BCUT2D eigenvalue weighted by molar-refractivity contribution is -0.384. The molecule has 10 heteroatoms. The van der Waals surface area contributed by atoms with Crippen LogP contribution in [-0.4, -0.2) is 32.5 Å². The van der Waals surface area contributed by atoms with Crippen molar-refractivity contribution in [2.75, 3.05) is 18.5 Å². The Morgan fingerprint density at radius 1 is 1.50 bits per heavy atom. The van der Waals surface area contributed by atoms with Crippen LogP contribution in [0.5, 0.6) is 0 Å². The molecular formula is C10H13N3O6S. The van der Waals surface area contributed by atoms with Crippen molar-refractivity contribution in [2.24, 2.45) is 5.14 Å². The average Bonchev–Trinajstić information content (AvgIpc) is 2.35. The molecule has 0 aliphatic rings. The summed E-state index contributed by atoms with van der Waals surface area (Å²) in [5.74, 6) is -0.586. The van der Waals surface area contributed by atoms with E-state index in [9.17, 15) is 23.3 Å². The maximum Gasteiger partial charge on any atom is 0.325 e. The number of ether oxygens (including phenoxy) is 1. The third-order valence-corrected chi connectivity index (χ3v) is 3.13. The second kappa shape index (κ2) is 6.30. The summed E-state index contributed by atoms with van der Waals surface area (Å²) >= 11 is 0. The van der Waals surface area contributed by atoms with Gasteiger partial charge in [-0.2, -0.15) is 0 Å². The highest BCUT2D eigenvalue weighted by atomic mass is 32.2. The SMILES string of the molecule is CCOC(=O)CNc1ccc(S(N)(=O)=O)cc1[N+](=O)[O-]. The van der Waals surface area contributed by atoms with Crippen molar-refractivity contribution in [1.82, 2.24) is 0 Å². The van der Waals surface area contributed by atoms with Crippen molar-refractivity contribution in [1.29, 1.82) is 0 Å². The van der Waals surface area contributed by atoms with Crippen LogP contribution >= 0.6 is 0 Å². The van der Waals surface area contributed by atoms with Gasteiger partial charge in [0.2, 0.25) is 10.0 Å². The summed E-state index contributed by atoms with van der Waals surface area (Å²) in [6, 6.07) is 3.09. The van der Waals surface area contributed by atoms with Gasteiger partial charge in [0.05, 0.1) is 16.4 Å². The molecule has 9 nitrogen and oxygen atoms in total. The molecule has 1 aromatic rings. The van der Waals surface area contributed by atoms with E-state index < -0.39 is 26.6 Å². The first-order valence-corrected chi connectivity index (χ1v) is 7.01. The van der Waals surface area contributed by atoms with Gasteiger partial charge in [0, 0.05) is 6.07 Å². The van der Waals surface area contributed by atoms with Crippen molar-refractivity contribution in [3.05, 3.63) is 28.3 Å². The molecule has 0 bridgehead atoms. The maximum absolute atomic E-state index is 11.2. The second-order valence-corrected chi connectivity index (χ2v) is 5.20. The lowest BCUT2D eigenvalue weighted by atomic mass is 10.2. The quantitative estimate of drug-likeness (QED) is 0.434. The summed E-state index contributed by atoms with van der Waals surface area (Å²) < 4.78 is 26.9. The molecule has 0 saturated heterocycles. The van der Waals surface area contributed by atoms with Gasteiger partial charge in [-0.3, -0.25) is 14.9 Å². The van der Waals surface area contributed by atoms with Crippen LogP contribution in [0, 0.1) is 10.1 Å². The van der Waals surface area contributed by atoms with E-state index in [4.69, 9.17) is 5.14 Å². The monoisotopic (exact) mass is 303 g/mol. The average molecular weight is 303 g/mol. The molecule has 1 aromatic carbocycles. The van der Waals surface area contributed by atoms with E-state index in [1.54, 1.807) is 6.92 Å². The van der Waals surface area contributed by atoms with Crippen LogP contribution in [0.15, 0.2) is 23.1 Å². The number of anilines is 1. The van der Waals surface area contributed by atoms with Crippen molar-refractivity contribution in [3.8, 4) is 0 Å². The lowest BCUT2D eigenvalue weighted by Gasteiger charge is -2.07. The Balaban J connectivity index is 3.03.